The lowest BCUT2D eigenvalue weighted by molar-refractivity contribution is 0.0748. The first kappa shape index (κ1) is 22.7. The van der Waals surface area contributed by atoms with Gasteiger partial charge in [0, 0.05) is 42.6 Å². The molecule has 0 spiro atoms. The second-order valence-corrected chi connectivity index (χ2v) is 9.51. The zero-order valence-corrected chi connectivity index (χ0v) is 20.9. The third-order valence-corrected chi connectivity index (χ3v) is 6.89. The maximum atomic E-state index is 13.7. The molecule has 1 amide bonds. The standard InChI is InChI=1S/C26H25Cl2N5O/c1-16-8-9-19(27)15-23(16)31-10-12-32(13-11-31)26(34)20-14-17(2)29-25-24(20)18(3)30-33(25)22-7-5-4-6-21(22)28/h4-9,14-15H,10-13H2,1-3H3. The summed E-state index contributed by atoms with van der Waals surface area (Å²) in [5, 5.41) is 6.77. The first-order chi connectivity index (χ1) is 16.3. The van der Waals surface area contributed by atoms with Crippen LogP contribution >= 0.6 is 23.2 Å². The molecule has 0 radical (unpaired) electrons. The van der Waals surface area contributed by atoms with Gasteiger partial charge >= 0.3 is 0 Å². The minimum Gasteiger partial charge on any atom is -0.368 e. The van der Waals surface area contributed by atoms with Crippen LogP contribution in [-0.2, 0) is 0 Å². The number of hydrogen-bond acceptors (Lipinski definition) is 4. The van der Waals surface area contributed by atoms with Gasteiger partial charge in [0.05, 0.1) is 27.4 Å². The summed E-state index contributed by atoms with van der Waals surface area (Å²) < 4.78 is 1.73. The second-order valence-electron chi connectivity index (χ2n) is 8.67. The molecule has 4 aromatic rings. The predicted octanol–water partition coefficient (Wildman–Crippen LogP) is 5.61. The predicted molar refractivity (Wildman–Crippen MR) is 138 cm³/mol. The lowest BCUT2D eigenvalue weighted by Gasteiger charge is -2.37. The third-order valence-electron chi connectivity index (χ3n) is 6.33. The van der Waals surface area contributed by atoms with E-state index in [1.807, 2.05) is 67.3 Å². The van der Waals surface area contributed by atoms with E-state index in [1.165, 1.54) is 5.56 Å². The number of pyridine rings is 1. The third kappa shape index (κ3) is 4.01. The van der Waals surface area contributed by atoms with Crippen LogP contribution in [0.25, 0.3) is 16.7 Å². The van der Waals surface area contributed by atoms with E-state index in [0.29, 0.717) is 29.3 Å². The summed E-state index contributed by atoms with van der Waals surface area (Å²) in [5.74, 6) is -0.000209. The van der Waals surface area contributed by atoms with Crippen LogP contribution in [0, 0.1) is 20.8 Å². The van der Waals surface area contributed by atoms with Gasteiger partial charge in [0.1, 0.15) is 0 Å². The highest BCUT2D eigenvalue weighted by molar-refractivity contribution is 6.32. The summed E-state index contributed by atoms with van der Waals surface area (Å²) in [6, 6.07) is 15.3. The van der Waals surface area contributed by atoms with Crippen molar-refractivity contribution in [2.45, 2.75) is 20.8 Å². The molecule has 3 heterocycles. The number of carbonyl (C=O) groups is 1. The molecule has 0 unspecified atom stereocenters. The molecular formula is C26H25Cl2N5O. The molecule has 0 atom stereocenters. The maximum absolute atomic E-state index is 13.7. The Labute approximate surface area is 208 Å². The van der Waals surface area contributed by atoms with Crippen LogP contribution in [-0.4, -0.2) is 51.8 Å². The highest BCUT2D eigenvalue weighted by Gasteiger charge is 2.27. The van der Waals surface area contributed by atoms with Gasteiger partial charge in [-0.1, -0.05) is 41.4 Å². The fourth-order valence-electron chi connectivity index (χ4n) is 4.62. The van der Waals surface area contributed by atoms with Crippen molar-refractivity contribution in [1.29, 1.82) is 0 Å². The first-order valence-corrected chi connectivity index (χ1v) is 12.0. The molecule has 0 N–H and O–H groups in total. The summed E-state index contributed by atoms with van der Waals surface area (Å²) in [5.41, 5.74) is 5.82. The second kappa shape index (κ2) is 8.93. The molecule has 1 saturated heterocycles. The van der Waals surface area contributed by atoms with Crippen LogP contribution in [0.4, 0.5) is 5.69 Å². The van der Waals surface area contributed by atoms with E-state index >= 15 is 0 Å². The number of halogens is 2. The van der Waals surface area contributed by atoms with Gasteiger partial charge in [0.2, 0.25) is 0 Å². The number of carbonyl (C=O) groups excluding carboxylic acids is 1. The lowest BCUT2D eigenvalue weighted by atomic mass is 10.1. The monoisotopic (exact) mass is 493 g/mol. The Balaban J connectivity index is 1.46. The summed E-state index contributed by atoms with van der Waals surface area (Å²) in [7, 11) is 0. The molecule has 34 heavy (non-hydrogen) atoms. The molecule has 8 heteroatoms. The zero-order chi connectivity index (χ0) is 24.0. The molecule has 1 aliphatic heterocycles. The minimum absolute atomic E-state index is 0.000209. The summed E-state index contributed by atoms with van der Waals surface area (Å²) in [6.45, 7) is 8.64. The number of rotatable bonds is 3. The number of aryl methyl sites for hydroxylation is 3. The average molecular weight is 494 g/mol. The molecular weight excluding hydrogens is 469 g/mol. The van der Waals surface area contributed by atoms with Gasteiger partial charge in [-0.3, -0.25) is 4.79 Å². The normalized spacial score (nSPS) is 14.1. The zero-order valence-electron chi connectivity index (χ0n) is 19.3. The van der Waals surface area contributed by atoms with Crippen molar-refractivity contribution in [2.75, 3.05) is 31.1 Å². The van der Waals surface area contributed by atoms with E-state index in [2.05, 4.69) is 11.8 Å². The number of aromatic nitrogens is 3. The summed E-state index contributed by atoms with van der Waals surface area (Å²) in [4.78, 5) is 22.6. The number of anilines is 1. The molecule has 1 fully saturated rings. The van der Waals surface area contributed by atoms with Crippen LogP contribution in [0.5, 0.6) is 0 Å². The SMILES string of the molecule is Cc1cc(C(=O)N2CCN(c3cc(Cl)ccc3C)CC2)c2c(C)nn(-c3ccccc3Cl)c2n1. The molecule has 0 saturated carbocycles. The van der Waals surface area contributed by atoms with Crippen LogP contribution < -0.4 is 4.90 Å². The number of benzene rings is 2. The van der Waals surface area contributed by atoms with Gasteiger partial charge < -0.3 is 9.80 Å². The molecule has 2 aromatic carbocycles. The Morgan fingerprint density at radius 2 is 1.65 bits per heavy atom. The molecule has 5 rings (SSSR count). The first-order valence-electron chi connectivity index (χ1n) is 11.3. The lowest BCUT2D eigenvalue weighted by Crippen LogP contribution is -2.49. The Bertz CT molecular complexity index is 1410. The highest BCUT2D eigenvalue weighted by Crippen LogP contribution is 2.30. The number of amides is 1. The van der Waals surface area contributed by atoms with Crippen LogP contribution in [0.2, 0.25) is 10.0 Å². The highest BCUT2D eigenvalue weighted by atomic mass is 35.5. The molecule has 1 aliphatic rings. The molecule has 0 bridgehead atoms. The van der Waals surface area contributed by atoms with E-state index in [-0.39, 0.29) is 5.91 Å². The number of hydrogen-bond donors (Lipinski definition) is 0. The van der Waals surface area contributed by atoms with Crippen LogP contribution in [0.3, 0.4) is 0 Å². The van der Waals surface area contributed by atoms with E-state index in [9.17, 15) is 4.79 Å². The van der Waals surface area contributed by atoms with Crippen LogP contribution in [0.1, 0.15) is 27.3 Å². The number of fused-ring (bicyclic) bond motifs is 1. The fraction of sp³-hybridized carbons (Fsp3) is 0.269. The minimum atomic E-state index is -0.000209. The summed E-state index contributed by atoms with van der Waals surface area (Å²) >= 11 is 12.7. The van der Waals surface area contributed by atoms with Gasteiger partial charge in [-0.05, 0) is 56.7 Å². The average Bonchev–Trinajstić information content (AvgIpc) is 3.16. The Kier molecular flexibility index (Phi) is 5.96. The van der Waals surface area contributed by atoms with Crippen LogP contribution in [0.15, 0.2) is 48.5 Å². The molecule has 2 aromatic heterocycles. The van der Waals surface area contributed by atoms with Crippen molar-refractivity contribution in [2.24, 2.45) is 0 Å². The Morgan fingerprint density at radius 1 is 0.912 bits per heavy atom. The smallest absolute Gasteiger partial charge is 0.254 e. The molecule has 6 nitrogen and oxygen atoms in total. The largest absolute Gasteiger partial charge is 0.368 e. The van der Waals surface area contributed by atoms with Crippen molar-refractivity contribution in [3.05, 3.63) is 81.1 Å². The van der Waals surface area contributed by atoms with Gasteiger partial charge in [0.15, 0.2) is 5.65 Å². The van der Waals surface area contributed by atoms with Crippen molar-refractivity contribution in [3.8, 4) is 5.69 Å². The van der Waals surface area contributed by atoms with E-state index in [1.54, 1.807) is 4.68 Å². The maximum Gasteiger partial charge on any atom is 0.254 e. The summed E-state index contributed by atoms with van der Waals surface area (Å²) in [6.07, 6.45) is 0. The van der Waals surface area contributed by atoms with E-state index < -0.39 is 0 Å². The van der Waals surface area contributed by atoms with E-state index in [4.69, 9.17) is 33.3 Å². The van der Waals surface area contributed by atoms with Gasteiger partial charge in [-0.15, -0.1) is 0 Å². The quantitative estimate of drug-likeness (QED) is 0.371. The number of piperazine rings is 1. The van der Waals surface area contributed by atoms with Crippen molar-refractivity contribution >= 4 is 45.8 Å². The van der Waals surface area contributed by atoms with Gasteiger partial charge in [-0.2, -0.15) is 5.10 Å². The topological polar surface area (TPSA) is 54.3 Å². The molecule has 174 valence electrons. The van der Waals surface area contributed by atoms with Gasteiger partial charge in [-0.25, -0.2) is 9.67 Å². The molecule has 0 aliphatic carbocycles. The van der Waals surface area contributed by atoms with Gasteiger partial charge in [0.25, 0.3) is 5.91 Å². The number of nitrogens with zero attached hydrogens (tertiary/aromatic N) is 5. The van der Waals surface area contributed by atoms with E-state index in [0.717, 1.165) is 46.3 Å². The number of para-hydroxylation sites is 1. The Morgan fingerprint density at radius 3 is 2.38 bits per heavy atom. The van der Waals surface area contributed by atoms with Crippen molar-refractivity contribution in [1.82, 2.24) is 19.7 Å². The Hall–Kier alpha value is -3.09. The van der Waals surface area contributed by atoms with Crippen molar-refractivity contribution < 1.29 is 4.79 Å². The van der Waals surface area contributed by atoms with Crippen molar-refractivity contribution in [3.63, 3.8) is 0 Å². The fourth-order valence-corrected chi connectivity index (χ4v) is 5.00.